The molecule has 1 heterocycles. The smallest absolute Gasteiger partial charge is 0.273 e. The predicted octanol–water partition coefficient (Wildman–Crippen LogP) is 1.27. The normalized spacial score (nSPS) is 10.1. The summed E-state index contributed by atoms with van der Waals surface area (Å²) in [6.07, 6.45) is 0. The van der Waals surface area contributed by atoms with Gasteiger partial charge in [0.25, 0.3) is 0 Å². The molecule has 86 valence electrons. The molecule has 0 radical (unpaired) electrons. The van der Waals surface area contributed by atoms with Crippen LogP contribution < -0.4 is 5.69 Å². The van der Waals surface area contributed by atoms with Gasteiger partial charge in [0, 0.05) is 12.8 Å². The average molecular weight is 246 g/mol. The Morgan fingerprint density at radius 3 is 3.06 bits per heavy atom. The Labute approximate surface area is 102 Å². The van der Waals surface area contributed by atoms with E-state index in [4.69, 9.17) is 5.26 Å². The average Bonchev–Trinajstić information content (AvgIpc) is 2.68. The van der Waals surface area contributed by atoms with Crippen LogP contribution in [-0.4, -0.2) is 14.8 Å². The maximum atomic E-state index is 11.1. The number of benzene rings is 1. The molecule has 0 aliphatic heterocycles. The summed E-state index contributed by atoms with van der Waals surface area (Å²) in [6, 6.07) is 9.48. The number of nitrogens with zero attached hydrogens (tertiary/aromatic N) is 3. The Morgan fingerprint density at radius 1 is 1.59 bits per heavy atom. The van der Waals surface area contributed by atoms with Gasteiger partial charge in [-0.1, -0.05) is 23.9 Å². The summed E-state index contributed by atoms with van der Waals surface area (Å²) in [5.74, 6) is 0.674. The van der Waals surface area contributed by atoms with E-state index in [0.717, 1.165) is 5.56 Å². The van der Waals surface area contributed by atoms with Crippen molar-refractivity contribution < 1.29 is 0 Å². The first kappa shape index (κ1) is 11.5. The Kier molecular flexibility index (Phi) is 3.30. The molecule has 0 atom stereocenters. The van der Waals surface area contributed by atoms with Crippen LogP contribution >= 0.6 is 11.8 Å². The molecular weight excluding hydrogens is 236 g/mol. The van der Waals surface area contributed by atoms with Crippen molar-refractivity contribution in [1.29, 1.82) is 5.26 Å². The molecule has 17 heavy (non-hydrogen) atoms. The van der Waals surface area contributed by atoms with Crippen molar-refractivity contribution in [3.8, 4) is 6.07 Å². The molecule has 5 nitrogen and oxygen atoms in total. The van der Waals surface area contributed by atoms with E-state index in [-0.39, 0.29) is 5.69 Å². The van der Waals surface area contributed by atoms with Gasteiger partial charge in [0.05, 0.1) is 11.6 Å². The fraction of sp³-hybridized carbons (Fsp3) is 0.182. The molecule has 2 rings (SSSR count). The second-order valence-electron chi connectivity index (χ2n) is 3.47. The summed E-state index contributed by atoms with van der Waals surface area (Å²) in [5, 5.41) is 15.7. The molecule has 1 aromatic heterocycles. The topological polar surface area (TPSA) is 74.5 Å². The zero-order valence-corrected chi connectivity index (χ0v) is 9.99. The van der Waals surface area contributed by atoms with Crippen LogP contribution in [-0.2, 0) is 12.8 Å². The molecule has 1 N–H and O–H groups in total. The van der Waals surface area contributed by atoms with Gasteiger partial charge in [-0.3, -0.25) is 4.57 Å². The Bertz CT molecular complexity index is 623. The van der Waals surface area contributed by atoms with E-state index >= 15 is 0 Å². The molecule has 0 fully saturated rings. The number of hydrogen-bond acceptors (Lipinski definition) is 4. The number of aromatic nitrogens is 3. The van der Waals surface area contributed by atoms with Crippen LogP contribution in [0.4, 0.5) is 0 Å². The lowest BCUT2D eigenvalue weighted by atomic mass is 10.2. The lowest BCUT2D eigenvalue weighted by Crippen LogP contribution is -2.12. The van der Waals surface area contributed by atoms with Crippen LogP contribution in [0.5, 0.6) is 0 Å². The Hall–Kier alpha value is -2.00. The maximum absolute atomic E-state index is 11.1. The third-order valence-corrected chi connectivity index (χ3v) is 3.36. The summed E-state index contributed by atoms with van der Waals surface area (Å²) in [6.45, 7) is 0. The van der Waals surface area contributed by atoms with Crippen LogP contribution in [0.1, 0.15) is 11.1 Å². The van der Waals surface area contributed by atoms with Gasteiger partial charge in [-0.25, -0.2) is 9.89 Å². The van der Waals surface area contributed by atoms with Crippen LogP contribution in [0, 0.1) is 11.3 Å². The minimum Gasteiger partial charge on any atom is -0.273 e. The predicted molar refractivity (Wildman–Crippen MR) is 64.5 cm³/mol. The fourth-order valence-electron chi connectivity index (χ4n) is 1.34. The number of rotatable bonds is 3. The van der Waals surface area contributed by atoms with Crippen molar-refractivity contribution >= 4 is 11.8 Å². The quantitative estimate of drug-likeness (QED) is 0.828. The third-order valence-electron chi connectivity index (χ3n) is 2.26. The molecule has 1 aromatic carbocycles. The number of H-pyrrole nitrogens is 1. The second-order valence-corrected chi connectivity index (χ2v) is 4.41. The van der Waals surface area contributed by atoms with Crippen molar-refractivity contribution in [3.05, 3.63) is 45.9 Å². The highest BCUT2D eigenvalue weighted by Crippen LogP contribution is 2.19. The van der Waals surface area contributed by atoms with E-state index in [1.807, 2.05) is 18.2 Å². The van der Waals surface area contributed by atoms with Gasteiger partial charge in [0.1, 0.15) is 0 Å². The SMILES string of the molecule is Cn1c(SCc2cccc(C#N)c2)n[nH]c1=O. The van der Waals surface area contributed by atoms with Gasteiger partial charge in [0.15, 0.2) is 5.16 Å². The summed E-state index contributed by atoms with van der Waals surface area (Å²) in [5.41, 5.74) is 1.45. The molecule has 2 aromatic rings. The van der Waals surface area contributed by atoms with E-state index in [9.17, 15) is 4.79 Å². The van der Waals surface area contributed by atoms with Gasteiger partial charge in [-0.2, -0.15) is 5.26 Å². The van der Waals surface area contributed by atoms with Crippen molar-refractivity contribution in [1.82, 2.24) is 14.8 Å². The van der Waals surface area contributed by atoms with Gasteiger partial charge in [-0.15, -0.1) is 5.10 Å². The lowest BCUT2D eigenvalue weighted by Gasteiger charge is -2.00. The van der Waals surface area contributed by atoms with Crippen molar-refractivity contribution in [2.24, 2.45) is 7.05 Å². The van der Waals surface area contributed by atoms with Gasteiger partial charge in [0.2, 0.25) is 0 Å². The summed E-state index contributed by atoms with van der Waals surface area (Å²) >= 11 is 1.45. The van der Waals surface area contributed by atoms with E-state index in [1.165, 1.54) is 16.3 Å². The van der Waals surface area contributed by atoms with Crippen molar-refractivity contribution in [2.45, 2.75) is 10.9 Å². The number of nitrogens with one attached hydrogen (secondary N) is 1. The van der Waals surface area contributed by atoms with E-state index in [0.29, 0.717) is 16.5 Å². The Morgan fingerprint density at radius 2 is 2.41 bits per heavy atom. The van der Waals surface area contributed by atoms with Gasteiger partial charge in [-0.05, 0) is 17.7 Å². The highest BCUT2D eigenvalue weighted by molar-refractivity contribution is 7.98. The van der Waals surface area contributed by atoms with Gasteiger partial charge >= 0.3 is 5.69 Å². The fourth-order valence-corrected chi connectivity index (χ4v) is 2.20. The lowest BCUT2D eigenvalue weighted by molar-refractivity contribution is 0.766. The summed E-state index contributed by atoms with van der Waals surface area (Å²) < 4.78 is 1.46. The van der Waals surface area contributed by atoms with Crippen molar-refractivity contribution in [2.75, 3.05) is 0 Å². The van der Waals surface area contributed by atoms with Crippen LogP contribution in [0.15, 0.2) is 34.2 Å². The largest absolute Gasteiger partial charge is 0.343 e. The monoisotopic (exact) mass is 246 g/mol. The third kappa shape index (κ3) is 2.57. The molecule has 0 saturated heterocycles. The molecule has 0 bridgehead atoms. The van der Waals surface area contributed by atoms with Crippen LogP contribution in [0.2, 0.25) is 0 Å². The van der Waals surface area contributed by atoms with E-state index in [2.05, 4.69) is 16.3 Å². The molecule has 0 aliphatic carbocycles. The number of nitriles is 1. The molecule has 0 saturated carbocycles. The standard InChI is InChI=1S/C11H10N4OS/c1-15-10(16)13-14-11(15)17-7-9-4-2-3-8(5-9)6-12/h2-5H,7H2,1H3,(H,13,16). The summed E-state index contributed by atoms with van der Waals surface area (Å²) in [4.78, 5) is 11.1. The van der Waals surface area contributed by atoms with Crippen LogP contribution in [0.3, 0.4) is 0 Å². The molecule has 0 spiro atoms. The first-order chi connectivity index (χ1) is 8.20. The first-order valence-electron chi connectivity index (χ1n) is 4.94. The molecule has 0 aliphatic rings. The van der Waals surface area contributed by atoms with E-state index < -0.39 is 0 Å². The number of hydrogen-bond donors (Lipinski definition) is 1. The maximum Gasteiger partial charge on any atom is 0.343 e. The Balaban J connectivity index is 2.10. The minimum atomic E-state index is -0.224. The van der Waals surface area contributed by atoms with Crippen molar-refractivity contribution in [3.63, 3.8) is 0 Å². The molecular formula is C11H10N4OS. The number of aromatic amines is 1. The zero-order chi connectivity index (χ0) is 12.3. The highest BCUT2D eigenvalue weighted by atomic mass is 32.2. The van der Waals surface area contributed by atoms with Crippen LogP contribution in [0.25, 0.3) is 0 Å². The van der Waals surface area contributed by atoms with E-state index in [1.54, 1.807) is 13.1 Å². The highest BCUT2D eigenvalue weighted by Gasteiger charge is 2.05. The zero-order valence-electron chi connectivity index (χ0n) is 9.17. The minimum absolute atomic E-state index is 0.224. The number of thioether (sulfide) groups is 1. The molecule has 0 amide bonds. The molecule has 6 heteroatoms. The summed E-state index contributed by atoms with van der Waals surface area (Å²) in [7, 11) is 1.67. The first-order valence-corrected chi connectivity index (χ1v) is 5.92. The molecule has 0 unspecified atom stereocenters. The second kappa shape index (κ2) is 4.89. The van der Waals surface area contributed by atoms with Gasteiger partial charge < -0.3 is 0 Å².